The molecule has 0 aliphatic carbocycles. The van der Waals surface area contributed by atoms with Crippen LogP contribution in [-0.4, -0.2) is 13.0 Å². The molecule has 1 aromatic heterocycles. The number of nitrogens with one attached hydrogen (secondary N) is 1. The summed E-state index contributed by atoms with van der Waals surface area (Å²) in [6.45, 7) is 6.17. The maximum absolute atomic E-state index is 13.5. The first-order valence-corrected chi connectivity index (χ1v) is 7.88. The van der Waals surface area contributed by atoms with Gasteiger partial charge in [-0.2, -0.15) is 0 Å². The molecule has 0 bridgehead atoms. The number of ether oxygens (including phenoxy) is 1. The van der Waals surface area contributed by atoms with Gasteiger partial charge >= 0.3 is 0 Å². The zero-order valence-corrected chi connectivity index (χ0v) is 14.0. The van der Waals surface area contributed by atoms with Crippen molar-refractivity contribution < 1.29 is 13.9 Å². The van der Waals surface area contributed by atoms with Crippen molar-refractivity contribution in [2.45, 2.75) is 26.8 Å². The van der Waals surface area contributed by atoms with Gasteiger partial charge in [-0.25, -0.2) is 4.39 Å². The Hall–Kier alpha value is -1.88. The van der Waals surface area contributed by atoms with Gasteiger partial charge in [-0.1, -0.05) is 26.8 Å². The highest BCUT2D eigenvalue weighted by atomic mass is 32.1. The minimum atomic E-state index is -0.464. The number of thiophene rings is 1. The Balaban J connectivity index is 2.31. The predicted molar refractivity (Wildman–Crippen MR) is 86.9 cm³/mol. The highest BCUT2D eigenvalue weighted by molar-refractivity contribution is 7.10. The first-order valence-electron chi connectivity index (χ1n) is 7.00. The van der Waals surface area contributed by atoms with Crippen molar-refractivity contribution in [2.75, 3.05) is 7.11 Å². The van der Waals surface area contributed by atoms with E-state index < -0.39 is 5.82 Å². The van der Waals surface area contributed by atoms with Crippen LogP contribution < -0.4 is 10.1 Å². The number of benzene rings is 1. The minimum Gasteiger partial charge on any atom is -0.496 e. The summed E-state index contributed by atoms with van der Waals surface area (Å²) in [5.41, 5.74) is 0.0365. The third-order valence-electron chi connectivity index (χ3n) is 3.38. The van der Waals surface area contributed by atoms with Gasteiger partial charge in [-0.05, 0) is 35.1 Å². The first-order chi connectivity index (χ1) is 10.3. The predicted octanol–water partition coefficient (Wildman–Crippen LogP) is 4.41. The number of carbonyl (C=O) groups is 1. The van der Waals surface area contributed by atoms with E-state index in [2.05, 4.69) is 26.1 Å². The SMILES string of the molecule is COc1ccc(F)cc1C(=O)NC(c1cccs1)C(C)(C)C. The summed E-state index contributed by atoms with van der Waals surface area (Å²) >= 11 is 1.59. The third kappa shape index (κ3) is 3.65. The molecule has 2 rings (SSSR count). The summed E-state index contributed by atoms with van der Waals surface area (Å²) < 4.78 is 18.6. The second-order valence-electron chi connectivity index (χ2n) is 6.13. The van der Waals surface area contributed by atoms with E-state index >= 15 is 0 Å². The van der Waals surface area contributed by atoms with Gasteiger partial charge in [0.05, 0.1) is 18.7 Å². The Labute approximate surface area is 134 Å². The molecule has 0 saturated heterocycles. The van der Waals surface area contributed by atoms with Crippen LogP contribution in [0.3, 0.4) is 0 Å². The molecule has 1 unspecified atom stereocenters. The summed E-state index contributed by atoms with van der Waals surface area (Å²) in [5.74, 6) is -0.447. The number of rotatable bonds is 4. The van der Waals surface area contributed by atoms with Gasteiger partial charge < -0.3 is 10.1 Å². The number of hydrogen-bond acceptors (Lipinski definition) is 3. The number of methoxy groups -OCH3 is 1. The minimum absolute atomic E-state index is 0.159. The van der Waals surface area contributed by atoms with Gasteiger partial charge in [0.1, 0.15) is 11.6 Å². The first kappa shape index (κ1) is 16.5. The molecule has 0 aliphatic rings. The van der Waals surface area contributed by atoms with Crippen molar-refractivity contribution in [1.82, 2.24) is 5.32 Å². The van der Waals surface area contributed by atoms with E-state index in [9.17, 15) is 9.18 Å². The number of carbonyl (C=O) groups excluding carboxylic acids is 1. The van der Waals surface area contributed by atoms with E-state index in [0.29, 0.717) is 5.75 Å². The molecule has 1 amide bonds. The zero-order chi connectivity index (χ0) is 16.3. The van der Waals surface area contributed by atoms with Crippen LogP contribution in [0.2, 0.25) is 0 Å². The fourth-order valence-corrected chi connectivity index (χ4v) is 3.26. The normalized spacial score (nSPS) is 12.8. The summed E-state index contributed by atoms with van der Waals surface area (Å²) in [6, 6.07) is 7.71. The number of amides is 1. The molecule has 0 fully saturated rings. The average Bonchev–Trinajstić information content (AvgIpc) is 2.96. The van der Waals surface area contributed by atoms with Crippen molar-refractivity contribution in [3.05, 3.63) is 52.0 Å². The second kappa shape index (κ2) is 6.48. The number of hydrogen-bond donors (Lipinski definition) is 1. The summed E-state index contributed by atoms with van der Waals surface area (Å²) in [5, 5.41) is 4.98. The molecular formula is C17H20FNO2S. The summed E-state index contributed by atoms with van der Waals surface area (Å²) in [6.07, 6.45) is 0. The Kier molecular flexibility index (Phi) is 4.86. The monoisotopic (exact) mass is 321 g/mol. The molecular weight excluding hydrogens is 301 g/mol. The van der Waals surface area contributed by atoms with E-state index in [4.69, 9.17) is 4.74 Å². The molecule has 1 aromatic carbocycles. The fraction of sp³-hybridized carbons (Fsp3) is 0.353. The summed E-state index contributed by atoms with van der Waals surface area (Å²) in [4.78, 5) is 13.6. The van der Waals surface area contributed by atoms with Gasteiger partial charge in [0.15, 0.2) is 0 Å². The van der Waals surface area contributed by atoms with Gasteiger partial charge in [-0.3, -0.25) is 4.79 Å². The maximum atomic E-state index is 13.5. The fourth-order valence-electron chi connectivity index (χ4n) is 2.24. The van der Waals surface area contributed by atoms with Crippen LogP contribution in [-0.2, 0) is 0 Å². The van der Waals surface area contributed by atoms with Crippen molar-refractivity contribution in [3.63, 3.8) is 0 Å². The summed E-state index contributed by atoms with van der Waals surface area (Å²) in [7, 11) is 1.46. The standard InChI is InChI=1S/C17H20FNO2S/c1-17(2,3)15(14-6-5-9-22-14)19-16(20)12-10-11(18)7-8-13(12)21-4/h5-10,15H,1-4H3,(H,19,20). The molecule has 1 N–H and O–H groups in total. The van der Waals surface area contributed by atoms with E-state index in [1.165, 1.54) is 25.3 Å². The van der Waals surface area contributed by atoms with Crippen molar-refractivity contribution >= 4 is 17.2 Å². The molecule has 5 heteroatoms. The van der Waals surface area contributed by atoms with Crippen molar-refractivity contribution in [3.8, 4) is 5.75 Å². The van der Waals surface area contributed by atoms with E-state index in [-0.39, 0.29) is 22.9 Å². The Bertz CT molecular complexity index is 647. The van der Waals surface area contributed by atoms with E-state index in [1.807, 2.05) is 17.5 Å². The van der Waals surface area contributed by atoms with Crippen LogP contribution in [0.15, 0.2) is 35.7 Å². The lowest BCUT2D eigenvalue weighted by atomic mass is 9.85. The molecule has 1 heterocycles. The highest BCUT2D eigenvalue weighted by Crippen LogP contribution is 2.35. The van der Waals surface area contributed by atoms with Crippen LogP contribution in [0.25, 0.3) is 0 Å². The number of halogens is 1. The largest absolute Gasteiger partial charge is 0.496 e. The van der Waals surface area contributed by atoms with Crippen LogP contribution in [0.4, 0.5) is 4.39 Å². The highest BCUT2D eigenvalue weighted by Gasteiger charge is 2.29. The molecule has 0 spiro atoms. The van der Waals surface area contributed by atoms with Crippen LogP contribution >= 0.6 is 11.3 Å². The van der Waals surface area contributed by atoms with Gasteiger partial charge in [-0.15, -0.1) is 11.3 Å². The Morgan fingerprint density at radius 3 is 2.59 bits per heavy atom. The van der Waals surface area contributed by atoms with Gasteiger partial charge in [0.25, 0.3) is 5.91 Å². The molecule has 0 radical (unpaired) electrons. The van der Waals surface area contributed by atoms with E-state index in [0.717, 1.165) is 4.88 Å². The van der Waals surface area contributed by atoms with Crippen molar-refractivity contribution in [1.29, 1.82) is 0 Å². The lowest BCUT2D eigenvalue weighted by molar-refractivity contribution is 0.0900. The molecule has 2 aromatic rings. The van der Waals surface area contributed by atoms with Gasteiger partial charge in [0.2, 0.25) is 0 Å². The molecule has 1 atom stereocenters. The van der Waals surface area contributed by atoms with Crippen LogP contribution in [0.1, 0.15) is 42.0 Å². The molecule has 3 nitrogen and oxygen atoms in total. The van der Waals surface area contributed by atoms with Crippen molar-refractivity contribution in [2.24, 2.45) is 5.41 Å². The Morgan fingerprint density at radius 1 is 1.32 bits per heavy atom. The van der Waals surface area contributed by atoms with Crippen LogP contribution in [0, 0.1) is 11.2 Å². The maximum Gasteiger partial charge on any atom is 0.255 e. The Morgan fingerprint density at radius 2 is 2.05 bits per heavy atom. The van der Waals surface area contributed by atoms with Gasteiger partial charge in [0, 0.05) is 4.88 Å². The van der Waals surface area contributed by atoms with E-state index in [1.54, 1.807) is 11.3 Å². The topological polar surface area (TPSA) is 38.3 Å². The average molecular weight is 321 g/mol. The quantitative estimate of drug-likeness (QED) is 0.905. The molecule has 118 valence electrons. The third-order valence-corrected chi connectivity index (χ3v) is 4.31. The second-order valence-corrected chi connectivity index (χ2v) is 7.11. The molecule has 0 saturated carbocycles. The zero-order valence-electron chi connectivity index (χ0n) is 13.1. The lowest BCUT2D eigenvalue weighted by Crippen LogP contribution is -2.36. The van der Waals surface area contributed by atoms with Crippen LogP contribution in [0.5, 0.6) is 5.75 Å². The smallest absolute Gasteiger partial charge is 0.255 e. The lowest BCUT2D eigenvalue weighted by Gasteiger charge is -2.31. The molecule has 0 aliphatic heterocycles. The molecule has 22 heavy (non-hydrogen) atoms.